The number of hydrogen-bond donors (Lipinski definition) is 4. The lowest BCUT2D eigenvalue weighted by Crippen LogP contribution is -2.42. The fourth-order valence-corrected chi connectivity index (χ4v) is 5.48. The summed E-state index contributed by atoms with van der Waals surface area (Å²) in [7, 11) is -2.23. The Morgan fingerprint density at radius 1 is 1.45 bits per heavy atom. The van der Waals surface area contributed by atoms with Gasteiger partial charge >= 0.3 is 0 Å². The van der Waals surface area contributed by atoms with Crippen molar-refractivity contribution in [3.05, 3.63) is 74.7 Å². The van der Waals surface area contributed by atoms with Crippen molar-refractivity contribution in [1.29, 1.82) is 5.41 Å². The molecule has 0 saturated carbocycles. The lowest BCUT2D eigenvalue weighted by atomic mass is 9.91. The van der Waals surface area contributed by atoms with Crippen molar-refractivity contribution in [2.75, 3.05) is 13.6 Å². The highest BCUT2D eigenvalue weighted by atomic mass is 35.5. The van der Waals surface area contributed by atoms with Crippen LogP contribution in [0.4, 0.5) is 4.39 Å². The standard InChI is InChI=1S/C20H21ClFN7O2S2/c1-25-5-4-15(23)17-16-9-12(28-33(24,30)31)10-29(16)19(20-26-6-7-32-20)27-18(17)13-3-2-11(22)8-14(13)21/h2-8,12,18,23,25,28H,9-10H2,1H3,(H2,24,30,31)/b5-4-,23-15?/t12-,18-/m0/s1. The first-order chi connectivity index (χ1) is 15.7. The predicted octanol–water partition coefficient (Wildman–Crippen LogP) is 2.31. The molecule has 0 aliphatic carbocycles. The number of halogens is 2. The van der Waals surface area contributed by atoms with E-state index in [1.54, 1.807) is 31.6 Å². The first-order valence-corrected chi connectivity index (χ1v) is 12.6. The van der Waals surface area contributed by atoms with E-state index in [1.807, 2.05) is 10.3 Å². The second-order valence-electron chi connectivity index (χ2n) is 7.43. The maximum Gasteiger partial charge on any atom is 0.274 e. The third kappa shape index (κ3) is 4.99. The van der Waals surface area contributed by atoms with Gasteiger partial charge in [0.1, 0.15) is 11.9 Å². The maximum atomic E-state index is 13.8. The van der Waals surface area contributed by atoms with Crippen molar-refractivity contribution < 1.29 is 12.8 Å². The Labute approximate surface area is 199 Å². The Balaban J connectivity index is 1.91. The van der Waals surface area contributed by atoms with E-state index in [9.17, 15) is 12.8 Å². The second kappa shape index (κ2) is 9.31. The van der Waals surface area contributed by atoms with E-state index in [0.717, 1.165) is 0 Å². The molecule has 3 heterocycles. The van der Waals surface area contributed by atoms with Crippen LogP contribution in [0.3, 0.4) is 0 Å². The molecule has 1 aromatic carbocycles. The molecule has 1 fully saturated rings. The average molecular weight is 510 g/mol. The van der Waals surface area contributed by atoms with Crippen LogP contribution in [0, 0.1) is 11.2 Å². The van der Waals surface area contributed by atoms with E-state index < -0.39 is 28.1 Å². The number of benzene rings is 1. The third-order valence-corrected chi connectivity index (χ3v) is 6.94. The van der Waals surface area contributed by atoms with Gasteiger partial charge in [0.05, 0.1) is 5.71 Å². The van der Waals surface area contributed by atoms with Crippen LogP contribution in [0.15, 0.2) is 58.3 Å². The van der Waals surface area contributed by atoms with Gasteiger partial charge < -0.3 is 15.6 Å². The largest absolute Gasteiger partial charge is 0.394 e. The van der Waals surface area contributed by atoms with E-state index in [4.69, 9.17) is 27.1 Å². The molecule has 2 aliphatic rings. The number of fused-ring (bicyclic) bond motifs is 1. The van der Waals surface area contributed by atoms with Crippen LogP contribution >= 0.6 is 22.9 Å². The van der Waals surface area contributed by atoms with Crippen molar-refractivity contribution in [2.45, 2.75) is 18.5 Å². The molecule has 0 unspecified atom stereocenters. The van der Waals surface area contributed by atoms with Crippen molar-refractivity contribution >= 4 is 44.7 Å². The van der Waals surface area contributed by atoms with Gasteiger partial charge in [-0.25, -0.2) is 14.5 Å². The highest BCUT2D eigenvalue weighted by Crippen LogP contribution is 2.42. The summed E-state index contributed by atoms with van der Waals surface area (Å²) < 4.78 is 39.6. The molecule has 13 heteroatoms. The van der Waals surface area contributed by atoms with Crippen LogP contribution in [0.1, 0.15) is 23.0 Å². The normalized spacial score (nSPS) is 20.8. The molecule has 2 aliphatic heterocycles. The molecule has 1 aromatic heterocycles. The maximum absolute atomic E-state index is 13.8. The molecule has 0 amide bonds. The second-order valence-corrected chi connectivity index (χ2v) is 10.1. The molecule has 0 bridgehead atoms. The molecule has 9 nitrogen and oxygen atoms in total. The Morgan fingerprint density at radius 2 is 2.24 bits per heavy atom. The number of amidine groups is 1. The van der Waals surface area contributed by atoms with Gasteiger partial charge in [0.2, 0.25) is 0 Å². The summed E-state index contributed by atoms with van der Waals surface area (Å²) in [5.41, 5.74) is 1.93. The number of thiazole rings is 1. The SMILES string of the molecule is CN/C=C\C(=N)C1=C2C[C@H](NS(N)(=O)=O)CN2C(c2nccs2)=N[C@H]1c1ccc(F)cc1Cl. The molecule has 2 aromatic rings. The van der Waals surface area contributed by atoms with E-state index in [2.05, 4.69) is 15.0 Å². The first kappa shape index (κ1) is 23.5. The number of nitrogens with zero attached hydrogens (tertiary/aromatic N) is 3. The number of aliphatic imine (C=N–C) groups is 1. The molecule has 0 radical (unpaired) electrons. The van der Waals surface area contributed by atoms with Gasteiger partial charge in [-0.05, 0) is 24.4 Å². The van der Waals surface area contributed by atoms with Crippen LogP contribution in [0.25, 0.3) is 0 Å². The molecule has 2 atom stereocenters. The van der Waals surface area contributed by atoms with Gasteiger partial charge in [0.25, 0.3) is 10.2 Å². The average Bonchev–Trinajstić information content (AvgIpc) is 3.39. The zero-order valence-corrected chi connectivity index (χ0v) is 19.8. The van der Waals surface area contributed by atoms with Gasteiger partial charge in [-0.3, -0.25) is 4.99 Å². The highest BCUT2D eigenvalue weighted by Gasteiger charge is 2.41. The van der Waals surface area contributed by atoms with Gasteiger partial charge in [0, 0.05) is 59.5 Å². The molecule has 174 valence electrons. The minimum atomic E-state index is -3.94. The topological polar surface area (TPSA) is 137 Å². The zero-order chi connectivity index (χ0) is 23.8. The van der Waals surface area contributed by atoms with Crippen LogP contribution in [-0.2, 0) is 10.2 Å². The van der Waals surface area contributed by atoms with E-state index in [0.29, 0.717) is 27.7 Å². The van der Waals surface area contributed by atoms with Crippen molar-refractivity contribution in [2.24, 2.45) is 10.1 Å². The summed E-state index contributed by atoms with van der Waals surface area (Å²) in [5.74, 6) is 0.0428. The minimum absolute atomic E-state index is 0.160. The number of nitrogens with one attached hydrogen (secondary N) is 3. The van der Waals surface area contributed by atoms with Crippen LogP contribution in [0.5, 0.6) is 0 Å². The Hall–Kier alpha value is -2.64. The van der Waals surface area contributed by atoms with Crippen LogP contribution in [0.2, 0.25) is 5.02 Å². The monoisotopic (exact) mass is 509 g/mol. The number of nitrogens with two attached hydrogens (primary N) is 1. The number of rotatable bonds is 7. The smallest absolute Gasteiger partial charge is 0.274 e. The lowest BCUT2D eigenvalue weighted by molar-refractivity contribution is 0.514. The van der Waals surface area contributed by atoms with Gasteiger partial charge in [0.15, 0.2) is 10.8 Å². The van der Waals surface area contributed by atoms with E-state index in [1.165, 1.54) is 23.5 Å². The molecule has 33 heavy (non-hydrogen) atoms. The van der Waals surface area contributed by atoms with Gasteiger partial charge in [-0.1, -0.05) is 17.7 Å². The van der Waals surface area contributed by atoms with Crippen molar-refractivity contribution in [3.8, 4) is 0 Å². The molecular formula is C20H21ClFN7O2S2. The summed E-state index contributed by atoms with van der Waals surface area (Å²) in [5, 5.41) is 19.4. The summed E-state index contributed by atoms with van der Waals surface area (Å²) in [6.45, 7) is 0.264. The first-order valence-electron chi connectivity index (χ1n) is 9.84. The van der Waals surface area contributed by atoms with E-state index >= 15 is 0 Å². The summed E-state index contributed by atoms with van der Waals surface area (Å²) in [4.78, 5) is 11.1. The highest BCUT2D eigenvalue weighted by molar-refractivity contribution is 7.87. The summed E-state index contributed by atoms with van der Waals surface area (Å²) in [6, 6.07) is 2.80. The number of allylic oxidation sites excluding steroid dienone is 1. The van der Waals surface area contributed by atoms with Gasteiger partial charge in [-0.2, -0.15) is 13.1 Å². The lowest BCUT2D eigenvalue weighted by Gasteiger charge is -2.32. The molecule has 0 spiro atoms. The Morgan fingerprint density at radius 3 is 2.88 bits per heavy atom. The zero-order valence-electron chi connectivity index (χ0n) is 17.4. The van der Waals surface area contributed by atoms with Crippen LogP contribution < -0.4 is 15.2 Å². The van der Waals surface area contributed by atoms with Crippen molar-refractivity contribution in [3.63, 3.8) is 0 Å². The summed E-state index contributed by atoms with van der Waals surface area (Å²) >= 11 is 7.78. The summed E-state index contributed by atoms with van der Waals surface area (Å²) in [6.07, 6.45) is 5.12. The van der Waals surface area contributed by atoms with Crippen molar-refractivity contribution in [1.82, 2.24) is 19.9 Å². The molecular weight excluding hydrogens is 489 g/mol. The van der Waals surface area contributed by atoms with Gasteiger partial charge in [-0.15, -0.1) is 11.3 Å². The number of hydrogen-bond acceptors (Lipinski definition) is 8. The minimum Gasteiger partial charge on any atom is -0.394 e. The van der Waals surface area contributed by atoms with Crippen LogP contribution in [-0.4, -0.2) is 49.5 Å². The van der Waals surface area contributed by atoms with E-state index in [-0.39, 0.29) is 23.7 Å². The quantitative estimate of drug-likeness (QED) is 0.424. The third-order valence-electron chi connectivity index (χ3n) is 5.18. The fourth-order valence-electron chi connectivity index (χ4n) is 3.95. The molecule has 1 saturated heterocycles. The molecule has 4 rings (SSSR count). The number of aromatic nitrogens is 1. The Kier molecular flexibility index (Phi) is 6.64. The Bertz CT molecular complexity index is 1280. The molecule has 5 N–H and O–H groups in total. The predicted molar refractivity (Wildman–Crippen MR) is 127 cm³/mol. The fraction of sp³-hybridized carbons (Fsp3) is 0.250.